The highest BCUT2D eigenvalue weighted by atomic mass is 19.1. The second-order valence-corrected chi connectivity index (χ2v) is 8.69. The van der Waals surface area contributed by atoms with Gasteiger partial charge in [0, 0.05) is 44.2 Å². The predicted octanol–water partition coefficient (Wildman–Crippen LogP) is 5.76. The molecule has 0 unspecified atom stereocenters. The molecule has 0 N–H and O–H groups in total. The number of halogens is 1. The van der Waals surface area contributed by atoms with Gasteiger partial charge in [0.1, 0.15) is 0 Å². The van der Waals surface area contributed by atoms with Gasteiger partial charge in [0.15, 0.2) is 17.3 Å². The standard InChI is InChI=1S/C30H24FN3O3/c1-21(35)37-29-17-22(8-12-28(29)31)7-11-27(36)18-25-4-2-3-24-13-15-33(30(24)25)19-23-5-9-26(10-6-23)34-16-14-32-20-34/h2-17,20H,18-19H2,1H3/b11-7+. The molecule has 0 saturated heterocycles. The van der Waals surface area contributed by atoms with Gasteiger partial charge < -0.3 is 13.9 Å². The lowest BCUT2D eigenvalue weighted by molar-refractivity contribution is -0.132. The van der Waals surface area contributed by atoms with E-state index in [2.05, 4.69) is 33.8 Å². The first-order chi connectivity index (χ1) is 18.0. The number of ketones is 1. The Hall–Kier alpha value is -4.78. The van der Waals surface area contributed by atoms with Crippen molar-refractivity contribution in [2.24, 2.45) is 0 Å². The first-order valence-corrected chi connectivity index (χ1v) is 11.8. The molecule has 5 aromatic rings. The molecule has 0 atom stereocenters. The van der Waals surface area contributed by atoms with Crippen molar-refractivity contribution in [3.05, 3.63) is 120 Å². The Morgan fingerprint density at radius 3 is 2.62 bits per heavy atom. The fourth-order valence-electron chi connectivity index (χ4n) is 4.29. The number of hydrogen-bond donors (Lipinski definition) is 0. The maximum atomic E-state index is 13.8. The highest BCUT2D eigenvalue weighted by Gasteiger charge is 2.11. The van der Waals surface area contributed by atoms with E-state index in [0.29, 0.717) is 12.1 Å². The minimum Gasteiger partial charge on any atom is -0.424 e. The van der Waals surface area contributed by atoms with Gasteiger partial charge in [-0.15, -0.1) is 0 Å². The van der Waals surface area contributed by atoms with Crippen LogP contribution in [0.2, 0.25) is 0 Å². The van der Waals surface area contributed by atoms with Crippen LogP contribution in [0.4, 0.5) is 4.39 Å². The third-order valence-electron chi connectivity index (χ3n) is 6.00. The summed E-state index contributed by atoms with van der Waals surface area (Å²) in [6, 6.07) is 20.4. The third-order valence-corrected chi connectivity index (χ3v) is 6.00. The molecule has 7 heteroatoms. The van der Waals surface area contributed by atoms with Gasteiger partial charge in [-0.3, -0.25) is 9.59 Å². The van der Waals surface area contributed by atoms with Gasteiger partial charge in [-0.1, -0.05) is 42.5 Å². The summed E-state index contributed by atoms with van der Waals surface area (Å²) >= 11 is 0. The average Bonchev–Trinajstić information content (AvgIpc) is 3.56. The molecule has 0 bridgehead atoms. The number of nitrogens with zero attached hydrogens (tertiary/aromatic N) is 3. The van der Waals surface area contributed by atoms with Gasteiger partial charge in [0.05, 0.1) is 11.8 Å². The topological polar surface area (TPSA) is 66.1 Å². The van der Waals surface area contributed by atoms with Crippen molar-refractivity contribution in [1.29, 1.82) is 0 Å². The molecule has 3 aromatic carbocycles. The largest absolute Gasteiger partial charge is 0.424 e. The van der Waals surface area contributed by atoms with Crippen LogP contribution in [0, 0.1) is 5.82 Å². The van der Waals surface area contributed by atoms with E-state index in [4.69, 9.17) is 4.74 Å². The van der Waals surface area contributed by atoms with Gasteiger partial charge in [0.2, 0.25) is 0 Å². The lowest BCUT2D eigenvalue weighted by Crippen LogP contribution is -2.04. The highest BCUT2D eigenvalue weighted by Crippen LogP contribution is 2.24. The molecule has 0 saturated carbocycles. The Bertz CT molecular complexity index is 1600. The zero-order valence-electron chi connectivity index (χ0n) is 20.2. The molecule has 5 rings (SSSR count). The number of allylic oxidation sites excluding steroid dienone is 1. The van der Waals surface area contributed by atoms with Crippen molar-refractivity contribution in [2.45, 2.75) is 19.9 Å². The minimum absolute atomic E-state index is 0.0942. The molecule has 0 spiro atoms. The van der Waals surface area contributed by atoms with Crippen LogP contribution in [0.5, 0.6) is 5.75 Å². The summed E-state index contributed by atoms with van der Waals surface area (Å²) in [6.07, 6.45) is 10.7. The van der Waals surface area contributed by atoms with Crippen molar-refractivity contribution in [3.63, 3.8) is 0 Å². The van der Waals surface area contributed by atoms with Crippen LogP contribution < -0.4 is 4.74 Å². The van der Waals surface area contributed by atoms with E-state index in [1.165, 1.54) is 31.2 Å². The Kier molecular flexibility index (Phi) is 6.76. The summed E-state index contributed by atoms with van der Waals surface area (Å²) in [6.45, 7) is 1.88. The number of hydrogen-bond acceptors (Lipinski definition) is 4. The quantitative estimate of drug-likeness (QED) is 0.157. The molecular weight excluding hydrogens is 469 g/mol. The van der Waals surface area contributed by atoms with Crippen molar-refractivity contribution in [2.75, 3.05) is 0 Å². The monoisotopic (exact) mass is 493 g/mol. The molecule has 0 radical (unpaired) electrons. The number of carbonyl (C=O) groups is 2. The Morgan fingerprint density at radius 2 is 1.86 bits per heavy atom. The molecule has 0 fully saturated rings. The molecule has 0 aliphatic heterocycles. The van der Waals surface area contributed by atoms with Crippen LogP contribution in [0.25, 0.3) is 22.7 Å². The summed E-state index contributed by atoms with van der Waals surface area (Å²) in [7, 11) is 0. The summed E-state index contributed by atoms with van der Waals surface area (Å²) in [5.41, 5.74) is 4.68. The molecule has 184 valence electrons. The lowest BCUT2D eigenvalue weighted by Gasteiger charge is -2.10. The van der Waals surface area contributed by atoms with E-state index in [0.717, 1.165) is 27.7 Å². The van der Waals surface area contributed by atoms with E-state index in [-0.39, 0.29) is 18.0 Å². The molecule has 2 heterocycles. The second kappa shape index (κ2) is 10.5. The predicted molar refractivity (Wildman–Crippen MR) is 140 cm³/mol. The molecule has 6 nitrogen and oxygen atoms in total. The molecule has 0 amide bonds. The van der Waals surface area contributed by atoms with Crippen LogP contribution in [-0.2, 0) is 22.6 Å². The van der Waals surface area contributed by atoms with Crippen molar-refractivity contribution >= 4 is 28.7 Å². The summed E-state index contributed by atoms with van der Waals surface area (Å²) < 4.78 is 22.8. The molecular formula is C30H24FN3O3. The van der Waals surface area contributed by atoms with Crippen LogP contribution in [0.3, 0.4) is 0 Å². The number of para-hydroxylation sites is 1. The fourth-order valence-corrected chi connectivity index (χ4v) is 4.29. The van der Waals surface area contributed by atoms with Crippen LogP contribution in [-0.4, -0.2) is 25.9 Å². The maximum absolute atomic E-state index is 13.8. The number of carbonyl (C=O) groups excluding carboxylic acids is 2. The number of esters is 1. The zero-order valence-corrected chi connectivity index (χ0v) is 20.2. The number of aromatic nitrogens is 3. The smallest absolute Gasteiger partial charge is 0.308 e. The SMILES string of the molecule is CC(=O)Oc1cc(/C=C/C(=O)Cc2cccc3ccn(Cc4ccc(-n5ccnc5)cc4)c23)ccc1F. The maximum Gasteiger partial charge on any atom is 0.308 e. The molecule has 0 aliphatic rings. The van der Waals surface area contributed by atoms with E-state index >= 15 is 0 Å². The summed E-state index contributed by atoms with van der Waals surface area (Å²) in [5.74, 6) is -1.50. The van der Waals surface area contributed by atoms with Gasteiger partial charge in [-0.2, -0.15) is 0 Å². The first kappa shape index (κ1) is 23.9. The van der Waals surface area contributed by atoms with E-state index in [1.807, 2.05) is 41.2 Å². The second-order valence-electron chi connectivity index (χ2n) is 8.69. The van der Waals surface area contributed by atoms with Crippen molar-refractivity contribution < 1.29 is 18.7 Å². The van der Waals surface area contributed by atoms with Gasteiger partial charge >= 0.3 is 5.97 Å². The van der Waals surface area contributed by atoms with Gasteiger partial charge in [-0.05, 0) is 58.5 Å². The number of imidazole rings is 1. The highest BCUT2D eigenvalue weighted by molar-refractivity contribution is 5.97. The van der Waals surface area contributed by atoms with Crippen molar-refractivity contribution in [1.82, 2.24) is 14.1 Å². The molecule has 2 aromatic heterocycles. The van der Waals surface area contributed by atoms with Gasteiger partial charge in [-0.25, -0.2) is 9.37 Å². The van der Waals surface area contributed by atoms with Crippen LogP contribution >= 0.6 is 0 Å². The van der Waals surface area contributed by atoms with Crippen molar-refractivity contribution in [3.8, 4) is 11.4 Å². The number of benzene rings is 3. The Labute approximate surface area is 213 Å². The van der Waals surface area contributed by atoms with Crippen LogP contribution in [0.15, 0.2) is 97.7 Å². The number of rotatable bonds is 8. The Balaban J connectivity index is 1.33. The lowest BCUT2D eigenvalue weighted by atomic mass is 10.0. The molecule has 37 heavy (non-hydrogen) atoms. The van der Waals surface area contributed by atoms with Crippen LogP contribution in [0.1, 0.15) is 23.6 Å². The normalized spacial score (nSPS) is 11.3. The van der Waals surface area contributed by atoms with E-state index in [9.17, 15) is 14.0 Å². The number of fused-ring (bicyclic) bond motifs is 1. The fraction of sp³-hybridized carbons (Fsp3) is 0.100. The minimum atomic E-state index is -0.637. The van der Waals surface area contributed by atoms with Gasteiger partial charge in [0.25, 0.3) is 0 Å². The Morgan fingerprint density at radius 1 is 1.03 bits per heavy atom. The number of ether oxygens (including phenoxy) is 1. The van der Waals surface area contributed by atoms with E-state index < -0.39 is 11.8 Å². The summed E-state index contributed by atoms with van der Waals surface area (Å²) in [4.78, 5) is 28.1. The molecule has 0 aliphatic carbocycles. The zero-order chi connectivity index (χ0) is 25.8. The third kappa shape index (κ3) is 5.56. The summed E-state index contributed by atoms with van der Waals surface area (Å²) in [5, 5.41) is 1.06. The van der Waals surface area contributed by atoms with E-state index in [1.54, 1.807) is 18.6 Å². The first-order valence-electron chi connectivity index (χ1n) is 11.8. The average molecular weight is 494 g/mol.